The van der Waals surface area contributed by atoms with Crippen molar-refractivity contribution in [2.75, 3.05) is 0 Å². The van der Waals surface area contributed by atoms with E-state index in [0.29, 0.717) is 21.6 Å². The second kappa shape index (κ2) is 3.41. The summed E-state index contributed by atoms with van der Waals surface area (Å²) < 4.78 is 4.99. The van der Waals surface area contributed by atoms with Crippen molar-refractivity contribution >= 4 is 22.6 Å². The summed E-state index contributed by atoms with van der Waals surface area (Å²) >= 11 is 5.88. The molecular weight excluding hydrogens is 214 g/mol. The second-order valence-corrected chi connectivity index (χ2v) is 3.53. The number of hydrogen-bond acceptors (Lipinski definition) is 3. The standard InChI is InChI=1S/C11H6ClNO2/c1-6-7-3-2-4-9(12)10(7)15-11(14)8(6)5-13/h2-4H,1H3. The maximum absolute atomic E-state index is 11.4. The molecule has 1 heterocycles. The molecular formula is C11H6ClNO2. The number of benzene rings is 1. The van der Waals surface area contributed by atoms with Crippen LogP contribution in [0.5, 0.6) is 0 Å². The lowest BCUT2D eigenvalue weighted by Crippen LogP contribution is -2.06. The van der Waals surface area contributed by atoms with E-state index in [0.717, 1.165) is 0 Å². The molecule has 0 bridgehead atoms. The Morgan fingerprint density at radius 3 is 2.87 bits per heavy atom. The molecule has 0 N–H and O–H groups in total. The Labute approximate surface area is 90.5 Å². The van der Waals surface area contributed by atoms with Gasteiger partial charge in [-0.15, -0.1) is 0 Å². The predicted octanol–water partition coefficient (Wildman–Crippen LogP) is 2.63. The Kier molecular flexibility index (Phi) is 2.22. The Morgan fingerprint density at radius 1 is 1.47 bits per heavy atom. The van der Waals surface area contributed by atoms with E-state index in [-0.39, 0.29) is 5.56 Å². The van der Waals surface area contributed by atoms with Crippen LogP contribution in [-0.2, 0) is 0 Å². The lowest BCUT2D eigenvalue weighted by Gasteiger charge is -2.02. The van der Waals surface area contributed by atoms with Crippen LogP contribution in [0.1, 0.15) is 11.1 Å². The van der Waals surface area contributed by atoms with Crippen molar-refractivity contribution in [2.45, 2.75) is 6.92 Å². The van der Waals surface area contributed by atoms with Gasteiger partial charge in [0.2, 0.25) is 0 Å². The predicted molar refractivity (Wildman–Crippen MR) is 56.9 cm³/mol. The first kappa shape index (κ1) is 9.75. The van der Waals surface area contributed by atoms with Gasteiger partial charge in [-0.2, -0.15) is 5.26 Å². The number of rotatable bonds is 0. The third-order valence-corrected chi connectivity index (χ3v) is 2.55. The summed E-state index contributed by atoms with van der Waals surface area (Å²) in [4.78, 5) is 11.4. The van der Waals surface area contributed by atoms with Crippen LogP contribution in [0.25, 0.3) is 11.0 Å². The Balaban J connectivity index is 3.06. The first-order valence-electron chi connectivity index (χ1n) is 4.27. The molecule has 2 rings (SSSR count). The zero-order valence-corrected chi connectivity index (χ0v) is 8.63. The summed E-state index contributed by atoms with van der Waals surface area (Å²) in [5.41, 5.74) is 0.326. The monoisotopic (exact) mass is 219 g/mol. The minimum Gasteiger partial charge on any atom is -0.420 e. The second-order valence-electron chi connectivity index (χ2n) is 3.12. The average Bonchev–Trinajstić information content (AvgIpc) is 2.20. The molecule has 0 fully saturated rings. The fourth-order valence-electron chi connectivity index (χ4n) is 1.47. The van der Waals surface area contributed by atoms with Crippen LogP contribution in [0.4, 0.5) is 0 Å². The molecule has 1 aromatic heterocycles. The van der Waals surface area contributed by atoms with Crippen molar-refractivity contribution in [1.29, 1.82) is 5.26 Å². The van der Waals surface area contributed by atoms with Crippen LogP contribution in [0.3, 0.4) is 0 Å². The fraction of sp³-hybridized carbons (Fsp3) is 0.0909. The molecule has 0 unspecified atom stereocenters. The number of nitrogens with zero attached hydrogens (tertiary/aromatic N) is 1. The summed E-state index contributed by atoms with van der Waals surface area (Å²) in [5, 5.41) is 9.85. The van der Waals surface area contributed by atoms with Crippen molar-refractivity contribution in [3.8, 4) is 6.07 Å². The van der Waals surface area contributed by atoms with Gasteiger partial charge in [0.1, 0.15) is 11.6 Å². The molecule has 2 aromatic rings. The molecule has 0 aliphatic heterocycles. The molecule has 0 aliphatic rings. The molecule has 74 valence electrons. The molecule has 0 amide bonds. The Hall–Kier alpha value is -1.79. The molecule has 3 nitrogen and oxygen atoms in total. The van der Waals surface area contributed by atoms with Gasteiger partial charge >= 0.3 is 5.63 Å². The number of nitriles is 1. The summed E-state index contributed by atoms with van der Waals surface area (Å²) in [6.45, 7) is 1.70. The van der Waals surface area contributed by atoms with Gasteiger partial charge in [-0.1, -0.05) is 23.7 Å². The maximum atomic E-state index is 11.4. The van der Waals surface area contributed by atoms with Crippen molar-refractivity contribution < 1.29 is 4.42 Å². The molecule has 4 heteroatoms. The van der Waals surface area contributed by atoms with Gasteiger partial charge in [-0.05, 0) is 18.6 Å². The van der Waals surface area contributed by atoms with Gasteiger partial charge in [0, 0.05) is 5.39 Å². The molecule has 1 aromatic carbocycles. The molecule has 0 saturated heterocycles. The quantitative estimate of drug-likeness (QED) is 0.640. The molecule has 0 aliphatic carbocycles. The van der Waals surface area contributed by atoms with E-state index in [9.17, 15) is 4.79 Å². The van der Waals surface area contributed by atoms with Gasteiger partial charge < -0.3 is 4.42 Å². The van der Waals surface area contributed by atoms with Gasteiger partial charge in [-0.25, -0.2) is 4.79 Å². The first-order chi connectivity index (χ1) is 7.15. The largest absolute Gasteiger partial charge is 0.420 e. The van der Waals surface area contributed by atoms with Crippen molar-refractivity contribution in [3.63, 3.8) is 0 Å². The van der Waals surface area contributed by atoms with Crippen molar-refractivity contribution in [3.05, 3.63) is 44.8 Å². The van der Waals surface area contributed by atoms with Crippen LogP contribution in [0, 0.1) is 18.3 Å². The number of para-hydroxylation sites is 1. The smallest absolute Gasteiger partial charge is 0.354 e. The summed E-state index contributed by atoms with van der Waals surface area (Å²) in [6, 6.07) is 6.98. The number of fused-ring (bicyclic) bond motifs is 1. The molecule has 0 saturated carbocycles. The third kappa shape index (κ3) is 1.39. The van der Waals surface area contributed by atoms with Gasteiger partial charge in [0.15, 0.2) is 5.58 Å². The van der Waals surface area contributed by atoms with E-state index in [2.05, 4.69) is 0 Å². The van der Waals surface area contributed by atoms with E-state index < -0.39 is 5.63 Å². The Bertz CT molecular complexity index is 637. The van der Waals surface area contributed by atoms with Gasteiger partial charge in [0.05, 0.1) is 5.02 Å². The highest BCUT2D eigenvalue weighted by Crippen LogP contribution is 2.25. The van der Waals surface area contributed by atoms with Crippen LogP contribution in [0.2, 0.25) is 5.02 Å². The fourth-order valence-corrected chi connectivity index (χ4v) is 1.68. The highest BCUT2D eigenvalue weighted by Gasteiger charge is 2.11. The van der Waals surface area contributed by atoms with Crippen LogP contribution >= 0.6 is 11.6 Å². The minimum absolute atomic E-state index is 0.0322. The number of halogens is 1. The normalized spacial score (nSPS) is 10.2. The third-order valence-electron chi connectivity index (χ3n) is 2.26. The number of aryl methyl sites for hydroxylation is 1. The van der Waals surface area contributed by atoms with E-state index in [1.54, 1.807) is 25.1 Å². The zero-order valence-electron chi connectivity index (χ0n) is 7.87. The van der Waals surface area contributed by atoms with Crippen LogP contribution < -0.4 is 5.63 Å². The van der Waals surface area contributed by atoms with Gasteiger partial charge in [-0.3, -0.25) is 0 Å². The highest BCUT2D eigenvalue weighted by atomic mass is 35.5. The van der Waals surface area contributed by atoms with Crippen LogP contribution in [0.15, 0.2) is 27.4 Å². The molecule has 0 atom stereocenters. The van der Waals surface area contributed by atoms with Crippen molar-refractivity contribution in [2.24, 2.45) is 0 Å². The molecule has 0 spiro atoms. The number of hydrogen-bond donors (Lipinski definition) is 0. The van der Waals surface area contributed by atoms with Crippen molar-refractivity contribution in [1.82, 2.24) is 0 Å². The summed E-state index contributed by atoms with van der Waals surface area (Å²) in [6.07, 6.45) is 0. The van der Waals surface area contributed by atoms with Crippen LogP contribution in [-0.4, -0.2) is 0 Å². The van der Waals surface area contributed by atoms with E-state index >= 15 is 0 Å². The first-order valence-corrected chi connectivity index (χ1v) is 4.65. The highest BCUT2D eigenvalue weighted by molar-refractivity contribution is 6.34. The summed E-state index contributed by atoms with van der Waals surface area (Å²) in [7, 11) is 0. The SMILES string of the molecule is Cc1c(C#N)c(=O)oc2c(Cl)cccc12. The van der Waals surface area contributed by atoms with Gasteiger partial charge in [0.25, 0.3) is 0 Å². The minimum atomic E-state index is -0.643. The molecule has 15 heavy (non-hydrogen) atoms. The topological polar surface area (TPSA) is 54.0 Å². The summed E-state index contributed by atoms with van der Waals surface area (Å²) in [5.74, 6) is 0. The lowest BCUT2D eigenvalue weighted by molar-refractivity contribution is 0.557. The zero-order chi connectivity index (χ0) is 11.0. The maximum Gasteiger partial charge on any atom is 0.354 e. The van der Waals surface area contributed by atoms with E-state index in [1.807, 2.05) is 6.07 Å². The average molecular weight is 220 g/mol. The Morgan fingerprint density at radius 2 is 2.20 bits per heavy atom. The van der Waals surface area contributed by atoms with E-state index in [1.165, 1.54) is 0 Å². The lowest BCUT2D eigenvalue weighted by atomic mass is 10.1. The molecule has 0 radical (unpaired) electrons. The van der Waals surface area contributed by atoms with E-state index in [4.69, 9.17) is 21.3 Å².